The van der Waals surface area contributed by atoms with E-state index in [1.807, 2.05) is 13.8 Å². The van der Waals surface area contributed by atoms with Crippen molar-refractivity contribution in [3.63, 3.8) is 0 Å². The summed E-state index contributed by atoms with van der Waals surface area (Å²) in [6.07, 6.45) is 0.602. The van der Waals surface area contributed by atoms with E-state index in [1.54, 1.807) is 0 Å². The van der Waals surface area contributed by atoms with E-state index < -0.39 is 4.92 Å². The van der Waals surface area contributed by atoms with Crippen LogP contribution in [0.1, 0.15) is 19.4 Å². The fourth-order valence-corrected chi connectivity index (χ4v) is 1.35. The van der Waals surface area contributed by atoms with Gasteiger partial charge in [0.25, 0.3) is 5.69 Å². The van der Waals surface area contributed by atoms with Gasteiger partial charge in [0, 0.05) is 11.6 Å². The van der Waals surface area contributed by atoms with Gasteiger partial charge in [0.05, 0.1) is 4.92 Å². The Hall–Kier alpha value is -1.58. The highest BCUT2D eigenvalue weighted by molar-refractivity contribution is 5.44. The minimum Gasteiger partial charge on any atom is -0.508 e. The van der Waals surface area contributed by atoms with Crippen molar-refractivity contribution in [1.29, 1.82) is 0 Å². The lowest BCUT2D eigenvalue weighted by Crippen LogP contribution is -1.99. The summed E-state index contributed by atoms with van der Waals surface area (Å²) < 4.78 is 0. The van der Waals surface area contributed by atoms with Crippen LogP contribution in [-0.4, -0.2) is 10.0 Å². The lowest BCUT2D eigenvalue weighted by molar-refractivity contribution is -0.385. The Morgan fingerprint density at radius 2 is 2.14 bits per heavy atom. The number of phenolic OH excluding ortho intramolecular Hbond substituents is 1. The maximum Gasteiger partial charge on any atom is 0.272 e. The zero-order chi connectivity index (χ0) is 10.7. The van der Waals surface area contributed by atoms with Crippen molar-refractivity contribution < 1.29 is 10.0 Å². The molecule has 0 saturated heterocycles. The van der Waals surface area contributed by atoms with E-state index in [-0.39, 0.29) is 11.4 Å². The number of hydrogen-bond donors (Lipinski definition) is 1. The highest BCUT2D eigenvalue weighted by atomic mass is 16.6. The SMILES string of the molecule is CC(C)Cc1cc(O)ccc1[N+](=O)[O-]. The maximum absolute atomic E-state index is 10.6. The Morgan fingerprint density at radius 1 is 1.50 bits per heavy atom. The Balaban J connectivity index is 3.09. The number of nitro benzene ring substituents is 1. The smallest absolute Gasteiger partial charge is 0.272 e. The number of rotatable bonds is 3. The normalized spacial score (nSPS) is 10.5. The van der Waals surface area contributed by atoms with Crippen molar-refractivity contribution in [2.75, 3.05) is 0 Å². The largest absolute Gasteiger partial charge is 0.508 e. The van der Waals surface area contributed by atoms with Gasteiger partial charge in [-0.1, -0.05) is 13.8 Å². The summed E-state index contributed by atoms with van der Waals surface area (Å²) in [6, 6.07) is 4.13. The Morgan fingerprint density at radius 3 is 2.64 bits per heavy atom. The molecular formula is C10H13NO3. The van der Waals surface area contributed by atoms with E-state index >= 15 is 0 Å². The standard InChI is InChI=1S/C10H13NO3/c1-7(2)5-8-6-9(12)3-4-10(8)11(13)14/h3-4,6-7,12H,5H2,1-2H3. The fourth-order valence-electron chi connectivity index (χ4n) is 1.35. The Kier molecular flexibility index (Phi) is 3.06. The molecule has 1 aromatic carbocycles. The van der Waals surface area contributed by atoms with Gasteiger partial charge in [-0.05, 0) is 24.5 Å². The van der Waals surface area contributed by atoms with Gasteiger partial charge in [0.2, 0.25) is 0 Å². The van der Waals surface area contributed by atoms with Gasteiger partial charge in [-0.3, -0.25) is 10.1 Å². The minimum absolute atomic E-state index is 0.0752. The summed E-state index contributed by atoms with van der Waals surface area (Å²) in [5.74, 6) is 0.404. The van der Waals surface area contributed by atoms with Gasteiger partial charge in [-0.2, -0.15) is 0 Å². The van der Waals surface area contributed by atoms with Gasteiger partial charge in [0.15, 0.2) is 0 Å². The number of hydrogen-bond acceptors (Lipinski definition) is 3. The molecule has 0 spiro atoms. The average molecular weight is 195 g/mol. The highest BCUT2D eigenvalue weighted by Crippen LogP contribution is 2.25. The van der Waals surface area contributed by atoms with Crippen LogP contribution in [0, 0.1) is 16.0 Å². The molecule has 1 N–H and O–H groups in total. The van der Waals surface area contributed by atoms with E-state index in [9.17, 15) is 15.2 Å². The van der Waals surface area contributed by atoms with Crippen LogP contribution in [-0.2, 0) is 6.42 Å². The quantitative estimate of drug-likeness (QED) is 0.595. The van der Waals surface area contributed by atoms with Gasteiger partial charge in [-0.25, -0.2) is 0 Å². The van der Waals surface area contributed by atoms with Crippen LogP contribution in [0.3, 0.4) is 0 Å². The van der Waals surface area contributed by atoms with E-state index in [0.29, 0.717) is 17.9 Å². The molecule has 0 amide bonds. The molecule has 1 rings (SSSR count). The minimum atomic E-state index is -0.419. The third kappa shape index (κ3) is 2.45. The van der Waals surface area contributed by atoms with E-state index in [0.717, 1.165) is 0 Å². The van der Waals surface area contributed by atoms with Gasteiger partial charge in [0.1, 0.15) is 5.75 Å². The number of nitro groups is 1. The second kappa shape index (κ2) is 4.09. The average Bonchev–Trinajstić information content (AvgIpc) is 2.01. The van der Waals surface area contributed by atoms with Crippen LogP contribution in [0.2, 0.25) is 0 Å². The lowest BCUT2D eigenvalue weighted by Gasteiger charge is -2.05. The van der Waals surface area contributed by atoms with Crippen LogP contribution in [0.25, 0.3) is 0 Å². The topological polar surface area (TPSA) is 63.4 Å². The van der Waals surface area contributed by atoms with Crippen molar-refractivity contribution in [1.82, 2.24) is 0 Å². The van der Waals surface area contributed by atoms with E-state index in [1.165, 1.54) is 18.2 Å². The van der Waals surface area contributed by atoms with E-state index in [2.05, 4.69) is 0 Å². The summed E-state index contributed by atoms with van der Waals surface area (Å²) in [5.41, 5.74) is 0.668. The lowest BCUT2D eigenvalue weighted by atomic mass is 10.0. The molecule has 4 heteroatoms. The van der Waals surface area contributed by atoms with Gasteiger partial charge in [-0.15, -0.1) is 0 Å². The summed E-state index contributed by atoms with van der Waals surface area (Å²) in [4.78, 5) is 10.2. The molecule has 0 radical (unpaired) electrons. The molecule has 0 heterocycles. The first-order valence-corrected chi connectivity index (χ1v) is 4.47. The van der Waals surface area contributed by atoms with Crippen molar-refractivity contribution >= 4 is 5.69 Å². The van der Waals surface area contributed by atoms with Crippen LogP contribution in [0.5, 0.6) is 5.75 Å². The Labute approximate surface area is 82.3 Å². The van der Waals surface area contributed by atoms with Crippen molar-refractivity contribution in [2.45, 2.75) is 20.3 Å². The first kappa shape index (κ1) is 10.5. The second-order valence-corrected chi connectivity index (χ2v) is 3.67. The van der Waals surface area contributed by atoms with Gasteiger partial charge < -0.3 is 5.11 Å². The van der Waals surface area contributed by atoms with Crippen molar-refractivity contribution in [3.8, 4) is 5.75 Å². The molecule has 0 unspecified atom stereocenters. The molecule has 0 atom stereocenters. The first-order valence-electron chi connectivity index (χ1n) is 4.47. The molecule has 76 valence electrons. The Bertz CT molecular complexity index is 347. The molecule has 0 aliphatic heterocycles. The number of benzene rings is 1. The molecule has 0 aliphatic carbocycles. The molecule has 0 bridgehead atoms. The number of nitrogens with zero attached hydrogens (tertiary/aromatic N) is 1. The third-order valence-corrected chi connectivity index (χ3v) is 1.89. The monoisotopic (exact) mass is 195 g/mol. The number of phenols is 1. The summed E-state index contributed by atoms with van der Waals surface area (Å²) in [5, 5.41) is 19.8. The molecular weight excluding hydrogens is 182 g/mol. The summed E-state index contributed by atoms with van der Waals surface area (Å²) in [6.45, 7) is 3.96. The van der Waals surface area contributed by atoms with Crippen LogP contribution < -0.4 is 0 Å². The molecule has 14 heavy (non-hydrogen) atoms. The predicted molar refractivity (Wildman–Crippen MR) is 53.3 cm³/mol. The molecule has 0 saturated carbocycles. The number of aromatic hydroxyl groups is 1. The first-order chi connectivity index (χ1) is 6.50. The van der Waals surface area contributed by atoms with Crippen LogP contribution in [0.4, 0.5) is 5.69 Å². The molecule has 0 fully saturated rings. The highest BCUT2D eigenvalue weighted by Gasteiger charge is 2.14. The summed E-state index contributed by atoms with van der Waals surface area (Å²) >= 11 is 0. The van der Waals surface area contributed by atoms with Gasteiger partial charge >= 0.3 is 0 Å². The van der Waals surface area contributed by atoms with E-state index in [4.69, 9.17) is 0 Å². The zero-order valence-electron chi connectivity index (χ0n) is 8.23. The maximum atomic E-state index is 10.6. The molecule has 4 nitrogen and oxygen atoms in total. The summed E-state index contributed by atoms with van der Waals surface area (Å²) in [7, 11) is 0. The zero-order valence-corrected chi connectivity index (χ0v) is 8.23. The van der Waals surface area contributed by atoms with Crippen molar-refractivity contribution in [2.24, 2.45) is 5.92 Å². The van der Waals surface area contributed by atoms with Crippen LogP contribution in [0.15, 0.2) is 18.2 Å². The second-order valence-electron chi connectivity index (χ2n) is 3.67. The fraction of sp³-hybridized carbons (Fsp3) is 0.400. The van der Waals surface area contributed by atoms with Crippen molar-refractivity contribution in [3.05, 3.63) is 33.9 Å². The molecule has 0 aliphatic rings. The van der Waals surface area contributed by atoms with Crippen LogP contribution >= 0.6 is 0 Å². The predicted octanol–water partition coefficient (Wildman–Crippen LogP) is 2.50. The third-order valence-electron chi connectivity index (χ3n) is 1.89. The molecule has 0 aromatic heterocycles. The molecule has 1 aromatic rings.